The van der Waals surface area contributed by atoms with Crippen LogP contribution < -0.4 is 10.2 Å². The third-order valence-corrected chi connectivity index (χ3v) is 7.29. The average molecular weight is 616 g/mol. The molecular formula is C28H27Cl2F3N2O4S. The summed E-state index contributed by atoms with van der Waals surface area (Å²) in [7, 11) is 0. The summed E-state index contributed by atoms with van der Waals surface area (Å²) >= 11 is 1.52. The lowest BCUT2D eigenvalue weighted by Gasteiger charge is -2.25. The first-order valence-corrected chi connectivity index (χ1v) is 13.0. The van der Waals surface area contributed by atoms with E-state index in [0.29, 0.717) is 42.2 Å². The Bertz CT molecular complexity index is 1480. The number of pyridine rings is 1. The minimum atomic E-state index is -4.41. The molecule has 0 radical (unpaired) electrons. The van der Waals surface area contributed by atoms with Crippen LogP contribution in [0.25, 0.3) is 10.9 Å². The third kappa shape index (κ3) is 8.14. The fraction of sp³-hybridized carbons (Fsp3) is 0.286. The van der Waals surface area contributed by atoms with Gasteiger partial charge in [-0.3, -0.25) is 14.7 Å². The number of hydrogen-bond donors (Lipinski definition) is 0. The van der Waals surface area contributed by atoms with Crippen molar-refractivity contribution in [1.29, 1.82) is 0 Å². The monoisotopic (exact) mass is 614 g/mol. The van der Waals surface area contributed by atoms with Gasteiger partial charge in [-0.05, 0) is 29.3 Å². The number of ether oxygens (including phenoxy) is 2. The van der Waals surface area contributed by atoms with Crippen molar-refractivity contribution in [2.75, 3.05) is 26.3 Å². The van der Waals surface area contributed by atoms with Crippen molar-refractivity contribution in [3.63, 3.8) is 0 Å². The minimum absolute atomic E-state index is 0. The van der Waals surface area contributed by atoms with E-state index in [1.165, 1.54) is 36.4 Å². The Morgan fingerprint density at radius 2 is 1.77 bits per heavy atom. The second-order valence-corrected chi connectivity index (χ2v) is 9.92. The summed E-state index contributed by atoms with van der Waals surface area (Å²) < 4.78 is 55.8. The lowest BCUT2D eigenvalue weighted by molar-refractivity contribution is -0.137. The van der Waals surface area contributed by atoms with Gasteiger partial charge in [-0.25, -0.2) is 0 Å². The molecule has 0 atom stereocenters. The quantitative estimate of drug-likeness (QED) is 0.203. The molecule has 5 rings (SSSR count). The van der Waals surface area contributed by atoms with Crippen LogP contribution in [0.1, 0.15) is 22.5 Å². The average Bonchev–Trinajstić information content (AvgIpc) is 2.91. The highest BCUT2D eigenvalue weighted by Gasteiger charge is 2.30. The summed E-state index contributed by atoms with van der Waals surface area (Å²) in [5, 5.41) is 0.675. The highest BCUT2D eigenvalue weighted by Crippen LogP contribution is 2.34. The molecule has 0 aliphatic carbocycles. The molecule has 0 amide bonds. The smallest absolute Gasteiger partial charge is 0.416 e. The van der Waals surface area contributed by atoms with Crippen molar-refractivity contribution in [3.05, 3.63) is 99.7 Å². The van der Waals surface area contributed by atoms with E-state index in [0.717, 1.165) is 41.2 Å². The Kier molecular flexibility index (Phi) is 11.3. The van der Waals surface area contributed by atoms with Crippen molar-refractivity contribution in [1.82, 2.24) is 9.88 Å². The number of benzene rings is 2. The third-order valence-electron chi connectivity index (χ3n) is 6.15. The number of rotatable bonds is 8. The maximum atomic E-state index is 13.0. The maximum Gasteiger partial charge on any atom is 0.416 e. The Balaban J connectivity index is 0.00000220. The van der Waals surface area contributed by atoms with Crippen molar-refractivity contribution in [2.24, 2.45) is 0 Å². The first-order chi connectivity index (χ1) is 18.3. The summed E-state index contributed by atoms with van der Waals surface area (Å²) in [6.07, 6.45) is -1.53. The first kappa shape index (κ1) is 31.8. The molecule has 40 heavy (non-hydrogen) atoms. The molecule has 3 heterocycles. The highest BCUT2D eigenvalue weighted by molar-refractivity contribution is 7.98. The molecule has 12 heteroatoms. The van der Waals surface area contributed by atoms with Crippen molar-refractivity contribution in [2.45, 2.75) is 30.0 Å². The second kappa shape index (κ2) is 14.2. The molecule has 1 aliphatic heterocycles. The standard InChI is InChI=1S/C28H25F3N2O4S.2ClH/c29-28(30,31)21-4-5-23-24(13-21)32-7-6-27(23)38-18-20-3-1-2-19(12-20)16-37-26-17-36-22(14-25(26)34)15-33-8-10-35-11-9-33;;/h1-7,12-14,17H,8-11,15-16,18H2;2*1H. The SMILES string of the molecule is Cl.Cl.O=c1cc(CN2CCOCC2)occ1OCc1cccc(CSc2ccnc3cc(C(F)(F)F)ccc23)c1. The number of hydrogen-bond acceptors (Lipinski definition) is 7. The lowest BCUT2D eigenvalue weighted by atomic mass is 10.1. The molecular weight excluding hydrogens is 588 g/mol. The van der Waals surface area contributed by atoms with Gasteiger partial charge < -0.3 is 13.9 Å². The van der Waals surface area contributed by atoms with Gasteiger partial charge in [0.1, 0.15) is 18.6 Å². The van der Waals surface area contributed by atoms with E-state index in [2.05, 4.69) is 9.88 Å². The molecule has 214 valence electrons. The number of morpholine rings is 1. The van der Waals surface area contributed by atoms with Crippen LogP contribution in [0.3, 0.4) is 0 Å². The van der Waals surface area contributed by atoms with Crippen LogP contribution in [0, 0.1) is 0 Å². The van der Waals surface area contributed by atoms with Crippen LogP contribution >= 0.6 is 36.6 Å². The molecule has 2 aromatic heterocycles. The van der Waals surface area contributed by atoms with Gasteiger partial charge in [0.2, 0.25) is 11.2 Å². The van der Waals surface area contributed by atoms with Crippen LogP contribution in [0.5, 0.6) is 5.75 Å². The molecule has 0 bridgehead atoms. The van der Waals surface area contributed by atoms with Gasteiger partial charge >= 0.3 is 6.18 Å². The zero-order valence-corrected chi connectivity index (χ0v) is 23.6. The molecule has 2 aromatic carbocycles. The summed E-state index contributed by atoms with van der Waals surface area (Å²) in [6, 6.07) is 14.6. The number of fused-ring (bicyclic) bond motifs is 1. The van der Waals surface area contributed by atoms with E-state index in [9.17, 15) is 18.0 Å². The number of halogens is 5. The molecule has 0 spiro atoms. The molecule has 4 aromatic rings. The van der Waals surface area contributed by atoms with Gasteiger partial charge in [-0.1, -0.05) is 30.3 Å². The fourth-order valence-electron chi connectivity index (χ4n) is 4.16. The van der Waals surface area contributed by atoms with Crippen LogP contribution in [0.15, 0.2) is 81.2 Å². The van der Waals surface area contributed by atoms with E-state index >= 15 is 0 Å². The van der Waals surface area contributed by atoms with Crippen LogP contribution in [-0.4, -0.2) is 36.2 Å². The van der Waals surface area contributed by atoms with Gasteiger partial charge in [0.15, 0.2) is 0 Å². The van der Waals surface area contributed by atoms with Gasteiger partial charge in [0.25, 0.3) is 0 Å². The zero-order chi connectivity index (χ0) is 26.5. The molecule has 6 nitrogen and oxygen atoms in total. The van der Waals surface area contributed by atoms with E-state index in [1.807, 2.05) is 24.3 Å². The van der Waals surface area contributed by atoms with Crippen LogP contribution in [0.2, 0.25) is 0 Å². The zero-order valence-electron chi connectivity index (χ0n) is 21.2. The largest absolute Gasteiger partial charge is 0.482 e. The Morgan fingerprint density at radius 3 is 2.52 bits per heavy atom. The minimum Gasteiger partial charge on any atom is -0.482 e. The van der Waals surface area contributed by atoms with E-state index < -0.39 is 11.7 Å². The molecule has 1 fully saturated rings. The topological polar surface area (TPSA) is 64.8 Å². The number of thioether (sulfide) groups is 1. The van der Waals surface area contributed by atoms with E-state index in [4.69, 9.17) is 13.9 Å². The summed E-state index contributed by atoms with van der Waals surface area (Å²) in [5.74, 6) is 1.34. The maximum absolute atomic E-state index is 13.0. The molecule has 0 N–H and O–H groups in total. The Morgan fingerprint density at radius 1 is 1.00 bits per heavy atom. The molecule has 0 unspecified atom stereocenters. The molecule has 1 saturated heterocycles. The van der Waals surface area contributed by atoms with Gasteiger partial charge in [0, 0.05) is 41.4 Å². The van der Waals surface area contributed by atoms with Crippen molar-refractivity contribution < 1.29 is 27.1 Å². The Hall–Kier alpha value is -2.76. The fourth-order valence-corrected chi connectivity index (χ4v) is 5.15. The number of aromatic nitrogens is 1. The normalized spacial score (nSPS) is 13.9. The van der Waals surface area contributed by atoms with E-state index in [-0.39, 0.29) is 42.6 Å². The van der Waals surface area contributed by atoms with Crippen molar-refractivity contribution >= 4 is 47.5 Å². The number of alkyl halides is 3. The van der Waals surface area contributed by atoms with Gasteiger partial charge in [0.05, 0.1) is 30.8 Å². The first-order valence-electron chi connectivity index (χ1n) is 12.1. The predicted octanol–water partition coefficient (Wildman–Crippen LogP) is 6.75. The van der Waals surface area contributed by atoms with Crippen molar-refractivity contribution in [3.8, 4) is 5.75 Å². The van der Waals surface area contributed by atoms with Gasteiger partial charge in [-0.15, -0.1) is 36.6 Å². The summed E-state index contributed by atoms with van der Waals surface area (Å²) in [6.45, 7) is 3.69. The lowest BCUT2D eigenvalue weighted by Crippen LogP contribution is -2.35. The Labute approximate surface area is 245 Å². The molecule has 1 aliphatic rings. The van der Waals surface area contributed by atoms with Crippen LogP contribution in [-0.2, 0) is 29.8 Å². The van der Waals surface area contributed by atoms with Crippen LogP contribution in [0.4, 0.5) is 13.2 Å². The highest BCUT2D eigenvalue weighted by atomic mass is 35.5. The van der Waals surface area contributed by atoms with Gasteiger partial charge in [-0.2, -0.15) is 13.2 Å². The predicted molar refractivity (Wildman–Crippen MR) is 153 cm³/mol. The second-order valence-electron chi connectivity index (χ2n) is 8.90. The molecule has 0 saturated carbocycles. The number of nitrogens with zero attached hydrogens (tertiary/aromatic N) is 2. The van der Waals surface area contributed by atoms with E-state index in [1.54, 1.807) is 6.07 Å². The summed E-state index contributed by atoms with van der Waals surface area (Å²) in [4.78, 5) is 19.6. The summed E-state index contributed by atoms with van der Waals surface area (Å²) in [5.41, 5.74) is 1.26.